The predicted molar refractivity (Wildman–Crippen MR) is 38.4 cm³/mol. The Morgan fingerprint density at radius 2 is 2.50 bits per heavy atom. The lowest BCUT2D eigenvalue weighted by Crippen LogP contribution is -1.88. The van der Waals surface area contributed by atoms with Gasteiger partial charge < -0.3 is 0 Å². The number of pyridine rings is 1. The molecule has 1 rings (SSSR count). The minimum absolute atomic E-state index is 0.384. The maximum absolute atomic E-state index is 8.44. The molecule has 0 aliphatic carbocycles. The molecule has 0 bridgehead atoms. The van der Waals surface area contributed by atoms with Crippen LogP contribution in [-0.2, 0) is 6.32 Å². The largest absolute Gasteiger partial charge is 0.262 e. The highest BCUT2D eigenvalue weighted by atomic mass is 14.7. The zero-order valence-corrected chi connectivity index (χ0v) is 5.41. The molecule has 0 amide bonds. The molecule has 0 unspecified atom stereocenters. The second kappa shape index (κ2) is 3.02. The number of hydrogen-bond donors (Lipinski definition) is 0. The van der Waals surface area contributed by atoms with Crippen LogP contribution in [-0.4, -0.2) is 12.8 Å². The summed E-state index contributed by atoms with van der Waals surface area (Å²) in [6.45, 7) is 0. The summed E-state index contributed by atoms with van der Waals surface area (Å²) in [6, 6.07) is 5.34. The van der Waals surface area contributed by atoms with Gasteiger partial charge in [-0.15, -0.1) is 0 Å². The lowest BCUT2D eigenvalue weighted by Gasteiger charge is -1.92. The summed E-state index contributed by atoms with van der Waals surface area (Å²) in [7, 11) is 5.30. The van der Waals surface area contributed by atoms with Crippen LogP contribution >= 0.6 is 0 Å². The minimum atomic E-state index is 0.384. The number of nitriles is 1. The Kier molecular flexibility index (Phi) is 2.06. The molecule has 1 aromatic rings. The van der Waals surface area contributed by atoms with E-state index in [1.807, 2.05) is 6.07 Å². The van der Waals surface area contributed by atoms with E-state index in [0.717, 1.165) is 5.69 Å². The standard InChI is InChI=1S/C7H5BN2/c8-4-7-3-6(5-9)1-2-10-7/h1-3H,4H2. The van der Waals surface area contributed by atoms with E-state index in [1.54, 1.807) is 18.3 Å². The third-order valence-electron chi connectivity index (χ3n) is 1.15. The van der Waals surface area contributed by atoms with E-state index in [9.17, 15) is 0 Å². The van der Waals surface area contributed by atoms with Crippen molar-refractivity contribution >= 4 is 7.85 Å². The van der Waals surface area contributed by atoms with Crippen LogP contribution in [0.1, 0.15) is 11.3 Å². The van der Waals surface area contributed by atoms with E-state index in [0.29, 0.717) is 11.9 Å². The van der Waals surface area contributed by atoms with Gasteiger partial charge in [0.2, 0.25) is 0 Å². The first kappa shape index (κ1) is 6.82. The molecule has 2 nitrogen and oxygen atoms in total. The van der Waals surface area contributed by atoms with Crippen LogP contribution in [0.15, 0.2) is 18.3 Å². The lowest BCUT2D eigenvalue weighted by molar-refractivity contribution is 1.16. The van der Waals surface area contributed by atoms with Gasteiger partial charge in [-0.1, -0.05) is 0 Å². The molecule has 0 atom stereocenters. The Labute approximate surface area is 60.9 Å². The summed E-state index contributed by atoms with van der Waals surface area (Å²) in [5.41, 5.74) is 1.36. The van der Waals surface area contributed by atoms with Crippen molar-refractivity contribution in [1.29, 1.82) is 5.26 Å². The van der Waals surface area contributed by atoms with E-state index < -0.39 is 0 Å². The maximum atomic E-state index is 8.44. The fourth-order valence-corrected chi connectivity index (χ4v) is 0.659. The Morgan fingerprint density at radius 1 is 1.70 bits per heavy atom. The Morgan fingerprint density at radius 3 is 3.10 bits per heavy atom. The Balaban J connectivity index is 3.01. The van der Waals surface area contributed by atoms with E-state index in [4.69, 9.17) is 13.1 Å². The minimum Gasteiger partial charge on any atom is -0.262 e. The molecular formula is C7H5BN2. The molecule has 3 heteroatoms. The van der Waals surface area contributed by atoms with Gasteiger partial charge in [0.15, 0.2) is 0 Å². The first-order valence-corrected chi connectivity index (χ1v) is 2.92. The third kappa shape index (κ3) is 1.35. The van der Waals surface area contributed by atoms with Crippen molar-refractivity contribution in [3.05, 3.63) is 29.6 Å². The Hall–Kier alpha value is -1.30. The molecule has 1 aromatic heterocycles. The molecule has 10 heavy (non-hydrogen) atoms. The van der Waals surface area contributed by atoms with Crippen LogP contribution in [0.25, 0.3) is 0 Å². The van der Waals surface area contributed by atoms with Gasteiger partial charge in [0, 0.05) is 11.9 Å². The average Bonchev–Trinajstić information content (AvgIpc) is 2.05. The number of hydrogen-bond acceptors (Lipinski definition) is 2. The highest BCUT2D eigenvalue weighted by Crippen LogP contribution is 1.98. The fraction of sp³-hybridized carbons (Fsp3) is 0.143. The molecule has 0 N–H and O–H groups in total. The van der Waals surface area contributed by atoms with Crippen LogP contribution in [0.4, 0.5) is 0 Å². The van der Waals surface area contributed by atoms with E-state index in [-0.39, 0.29) is 0 Å². The van der Waals surface area contributed by atoms with Crippen molar-refractivity contribution in [3.8, 4) is 6.07 Å². The lowest BCUT2D eigenvalue weighted by atomic mass is 10.0. The molecule has 46 valence electrons. The van der Waals surface area contributed by atoms with Crippen molar-refractivity contribution in [3.63, 3.8) is 0 Å². The third-order valence-corrected chi connectivity index (χ3v) is 1.15. The van der Waals surface area contributed by atoms with Crippen LogP contribution in [0.2, 0.25) is 0 Å². The number of rotatable bonds is 1. The first-order valence-electron chi connectivity index (χ1n) is 2.92. The summed E-state index contributed by atoms with van der Waals surface area (Å²) in [6.07, 6.45) is 1.97. The van der Waals surface area contributed by atoms with Crippen LogP contribution in [0.5, 0.6) is 0 Å². The van der Waals surface area contributed by atoms with Gasteiger partial charge in [-0.2, -0.15) is 5.26 Å². The molecule has 0 spiro atoms. The second-order valence-electron chi connectivity index (χ2n) is 1.85. The summed E-state index contributed by atoms with van der Waals surface area (Å²) in [5.74, 6) is 0. The smallest absolute Gasteiger partial charge is 0.0992 e. The molecular weight excluding hydrogens is 123 g/mol. The molecule has 1 heterocycles. The zero-order chi connectivity index (χ0) is 7.40. The monoisotopic (exact) mass is 128 g/mol. The molecule has 0 aromatic carbocycles. The number of nitrogens with zero attached hydrogens (tertiary/aromatic N) is 2. The zero-order valence-electron chi connectivity index (χ0n) is 5.41. The summed E-state index contributed by atoms with van der Waals surface area (Å²) >= 11 is 0. The second-order valence-corrected chi connectivity index (χ2v) is 1.85. The van der Waals surface area contributed by atoms with Crippen LogP contribution in [0.3, 0.4) is 0 Å². The van der Waals surface area contributed by atoms with E-state index >= 15 is 0 Å². The van der Waals surface area contributed by atoms with Crippen LogP contribution < -0.4 is 0 Å². The SMILES string of the molecule is [B]Cc1cc(C#N)ccn1. The predicted octanol–water partition coefficient (Wildman–Crippen LogP) is 0.622. The van der Waals surface area contributed by atoms with Gasteiger partial charge in [0.25, 0.3) is 0 Å². The van der Waals surface area contributed by atoms with Crippen molar-refractivity contribution in [1.82, 2.24) is 4.98 Å². The fourth-order valence-electron chi connectivity index (χ4n) is 0.659. The van der Waals surface area contributed by atoms with Crippen molar-refractivity contribution in [2.75, 3.05) is 0 Å². The van der Waals surface area contributed by atoms with Gasteiger partial charge in [-0.05, 0) is 18.5 Å². The molecule has 0 saturated carbocycles. The normalized spacial score (nSPS) is 8.70. The summed E-state index contributed by atoms with van der Waals surface area (Å²) in [4.78, 5) is 3.93. The van der Waals surface area contributed by atoms with Crippen molar-refractivity contribution in [2.24, 2.45) is 0 Å². The van der Waals surface area contributed by atoms with Crippen molar-refractivity contribution < 1.29 is 0 Å². The highest BCUT2D eigenvalue weighted by Gasteiger charge is 1.91. The Bertz CT molecular complexity index is 265. The number of aromatic nitrogens is 1. The molecule has 0 aliphatic rings. The van der Waals surface area contributed by atoms with Gasteiger partial charge in [0.1, 0.15) is 0 Å². The van der Waals surface area contributed by atoms with Gasteiger partial charge in [-0.3, -0.25) is 4.98 Å². The van der Waals surface area contributed by atoms with Crippen LogP contribution in [0, 0.1) is 11.3 Å². The molecule has 0 aliphatic heterocycles. The molecule has 0 saturated heterocycles. The summed E-state index contributed by atoms with van der Waals surface area (Å²) < 4.78 is 0. The van der Waals surface area contributed by atoms with Gasteiger partial charge in [-0.25, -0.2) is 0 Å². The van der Waals surface area contributed by atoms with Gasteiger partial charge >= 0.3 is 0 Å². The topological polar surface area (TPSA) is 36.7 Å². The molecule has 0 fully saturated rings. The van der Waals surface area contributed by atoms with Crippen molar-refractivity contribution in [2.45, 2.75) is 6.32 Å². The first-order chi connectivity index (χ1) is 4.86. The van der Waals surface area contributed by atoms with E-state index in [1.165, 1.54) is 0 Å². The average molecular weight is 128 g/mol. The maximum Gasteiger partial charge on any atom is 0.0992 e. The quantitative estimate of drug-likeness (QED) is 0.519. The summed E-state index contributed by atoms with van der Waals surface area (Å²) in [5, 5.41) is 8.44. The highest BCUT2D eigenvalue weighted by molar-refractivity contribution is 6.08. The van der Waals surface area contributed by atoms with Gasteiger partial charge in [0.05, 0.1) is 19.5 Å². The molecule has 2 radical (unpaired) electrons. The van der Waals surface area contributed by atoms with E-state index in [2.05, 4.69) is 4.98 Å².